The fraction of sp³-hybridized carbons (Fsp3) is 1.00. The van der Waals surface area contributed by atoms with Gasteiger partial charge in [-0.2, -0.15) is 13.2 Å². The Labute approximate surface area is 76.7 Å². The molecule has 0 aromatic carbocycles. The van der Waals surface area contributed by atoms with E-state index < -0.39 is 11.6 Å². The van der Waals surface area contributed by atoms with Gasteiger partial charge in [0.1, 0.15) is 0 Å². The number of halogens is 3. The SMILES string of the molecule is CC(C)NCC1(C(F)(F)F)CCC1. The molecule has 0 saturated heterocycles. The Balaban J connectivity index is 2.51. The van der Waals surface area contributed by atoms with Gasteiger partial charge in [0.05, 0.1) is 5.41 Å². The molecule has 1 aliphatic carbocycles. The highest BCUT2D eigenvalue weighted by Crippen LogP contribution is 2.52. The summed E-state index contributed by atoms with van der Waals surface area (Å²) in [5.74, 6) is 0. The predicted molar refractivity (Wildman–Crippen MR) is 45.5 cm³/mol. The fourth-order valence-electron chi connectivity index (χ4n) is 1.56. The van der Waals surface area contributed by atoms with E-state index in [0.717, 1.165) is 0 Å². The summed E-state index contributed by atoms with van der Waals surface area (Å²) < 4.78 is 37.7. The van der Waals surface area contributed by atoms with E-state index in [0.29, 0.717) is 6.42 Å². The zero-order valence-corrected chi connectivity index (χ0v) is 8.04. The lowest BCUT2D eigenvalue weighted by atomic mass is 9.68. The summed E-state index contributed by atoms with van der Waals surface area (Å²) in [7, 11) is 0. The second-order valence-electron chi connectivity index (χ2n) is 4.17. The van der Waals surface area contributed by atoms with Gasteiger partial charge in [0.2, 0.25) is 0 Å². The fourth-order valence-corrected chi connectivity index (χ4v) is 1.56. The van der Waals surface area contributed by atoms with E-state index in [2.05, 4.69) is 5.32 Å². The van der Waals surface area contributed by atoms with Gasteiger partial charge < -0.3 is 5.32 Å². The quantitative estimate of drug-likeness (QED) is 0.730. The van der Waals surface area contributed by atoms with Crippen LogP contribution in [0.2, 0.25) is 0 Å². The van der Waals surface area contributed by atoms with Gasteiger partial charge in [-0.3, -0.25) is 0 Å². The molecule has 0 atom stereocenters. The van der Waals surface area contributed by atoms with Gasteiger partial charge in [-0.05, 0) is 12.8 Å². The molecule has 13 heavy (non-hydrogen) atoms. The predicted octanol–water partition coefficient (Wildman–Crippen LogP) is 2.72. The Morgan fingerprint density at radius 3 is 2.08 bits per heavy atom. The maximum Gasteiger partial charge on any atom is 0.395 e. The number of rotatable bonds is 3. The molecule has 1 aliphatic rings. The molecule has 0 radical (unpaired) electrons. The molecule has 78 valence electrons. The molecular formula is C9H16F3N. The summed E-state index contributed by atoms with van der Waals surface area (Å²) in [4.78, 5) is 0. The van der Waals surface area contributed by atoms with Crippen molar-refractivity contribution < 1.29 is 13.2 Å². The zero-order chi connectivity index (χ0) is 10.1. The number of nitrogens with one attached hydrogen (secondary N) is 1. The first kappa shape index (κ1) is 10.8. The van der Waals surface area contributed by atoms with Crippen LogP contribution in [0.15, 0.2) is 0 Å². The average Bonchev–Trinajstić information content (AvgIpc) is 1.80. The first-order valence-electron chi connectivity index (χ1n) is 4.67. The van der Waals surface area contributed by atoms with Crippen molar-refractivity contribution in [2.75, 3.05) is 6.54 Å². The third kappa shape index (κ3) is 2.16. The molecule has 1 nitrogen and oxygen atoms in total. The van der Waals surface area contributed by atoms with E-state index in [1.807, 2.05) is 13.8 Å². The normalized spacial score (nSPS) is 21.7. The highest BCUT2D eigenvalue weighted by Gasteiger charge is 2.57. The van der Waals surface area contributed by atoms with Crippen LogP contribution in [0, 0.1) is 5.41 Å². The highest BCUT2D eigenvalue weighted by molar-refractivity contribution is 4.95. The summed E-state index contributed by atoms with van der Waals surface area (Å²) in [6, 6.07) is 0.125. The maximum absolute atomic E-state index is 12.6. The van der Waals surface area contributed by atoms with Crippen molar-refractivity contribution in [1.82, 2.24) is 5.32 Å². The monoisotopic (exact) mass is 195 g/mol. The minimum absolute atomic E-state index is 0.0775. The Kier molecular flexibility index (Phi) is 2.90. The van der Waals surface area contributed by atoms with Gasteiger partial charge in [0.15, 0.2) is 0 Å². The van der Waals surface area contributed by atoms with Gasteiger partial charge in [0, 0.05) is 12.6 Å². The molecule has 0 unspecified atom stereocenters. The molecule has 0 amide bonds. The van der Waals surface area contributed by atoms with Crippen molar-refractivity contribution in [2.45, 2.75) is 45.3 Å². The van der Waals surface area contributed by atoms with Crippen LogP contribution in [0.4, 0.5) is 13.2 Å². The second-order valence-corrected chi connectivity index (χ2v) is 4.17. The molecule has 1 saturated carbocycles. The first-order valence-corrected chi connectivity index (χ1v) is 4.67. The third-order valence-electron chi connectivity index (χ3n) is 2.76. The van der Waals surface area contributed by atoms with Crippen LogP contribution >= 0.6 is 0 Å². The van der Waals surface area contributed by atoms with Crippen molar-refractivity contribution >= 4 is 0 Å². The number of hydrogen-bond donors (Lipinski definition) is 1. The topological polar surface area (TPSA) is 12.0 Å². The smallest absolute Gasteiger partial charge is 0.314 e. The van der Waals surface area contributed by atoms with Crippen LogP contribution in [-0.2, 0) is 0 Å². The molecular weight excluding hydrogens is 179 g/mol. The van der Waals surface area contributed by atoms with Crippen LogP contribution in [-0.4, -0.2) is 18.8 Å². The van der Waals surface area contributed by atoms with Crippen LogP contribution < -0.4 is 5.32 Å². The van der Waals surface area contributed by atoms with Gasteiger partial charge in [0.25, 0.3) is 0 Å². The van der Waals surface area contributed by atoms with Crippen LogP contribution in [0.3, 0.4) is 0 Å². The van der Waals surface area contributed by atoms with Crippen LogP contribution in [0.25, 0.3) is 0 Å². The van der Waals surface area contributed by atoms with Gasteiger partial charge in [-0.15, -0.1) is 0 Å². The van der Waals surface area contributed by atoms with Gasteiger partial charge in [-0.1, -0.05) is 20.3 Å². The van der Waals surface area contributed by atoms with Crippen LogP contribution in [0.5, 0.6) is 0 Å². The zero-order valence-electron chi connectivity index (χ0n) is 8.04. The van der Waals surface area contributed by atoms with E-state index >= 15 is 0 Å². The molecule has 0 aromatic rings. The molecule has 0 heterocycles. The third-order valence-corrected chi connectivity index (χ3v) is 2.76. The first-order chi connectivity index (χ1) is 5.87. The Morgan fingerprint density at radius 2 is 1.85 bits per heavy atom. The minimum Gasteiger partial charge on any atom is -0.314 e. The van der Waals surface area contributed by atoms with Gasteiger partial charge in [-0.25, -0.2) is 0 Å². The van der Waals surface area contributed by atoms with Crippen molar-refractivity contribution in [3.8, 4) is 0 Å². The van der Waals surface area contributed by atoms with Crippen molar-refractivity contribution in [3.63, 3.8) is 0 Å². The lowest BCUT2D eigenvalue weighted by Gasteiger charge is -2.43. The van der Waals surface area contributed by atoms with E-state index in [1.54, 1.807) is 0 Å². The van der Waals surface area contributed by atoms with Crippen molar-refractivity contribution in [1.29, 1.82) is 0 Å². The van der Waals surface area contributed by atoms with Crippen LogP contribution in [0.1, 0.15) is 33.1 Å². The summed E-state index contributed by atoms with van der Waals surface area (Å²) in [5.41, 5.74) is -1.42. The van der Waals surface area contributed by atoms with Crippen molar-refractivity contribution in [3.05, 3.63) is 0 Å². The Morgan fingerprint density at radius 1 is 1.31 bits per heavy atom. The standard InChI is InChI=1S/C9H16F3N/c1-7(2)13-6-8(4-3-5-8)9(10,11)12/h7,13H,3-6H2,1-2H3. The maximum atomic E-state index is 12.6. The summed E-state index contributed by atoms with van der Waals surface area (Å²) in [5, 5.41) is 2.87. The van der Waals surface area contributed by atoms with Gasteiger partial charge >= 0.3 is 6.18 Å². The van der Waals surface area contributed by atoms with E-state index in [1.165, 1.54) is 0 Å². The molecule has 1 fully saturated rings. The minimum atomic E-state index is -4.03. The largest absolute Gasteiger partial charge is 0.395 e. The summed E-state index contributed by atoms with van der Waals surface area (Å²) in [6.45, 7) is 3.81. The summed E-state index contributed by atoms with van der Waals surface area (Å²) in [6.07, 6.45) is -2.75. The molecule has 0 spiro atoms. The lowest BCUT2D eigenvalue weighted by Crippen LogP contribution is -2.51. The molecule has 1 rings (SSSR count). The number of alkyl halides is 3. The molecule has 0 aromatic heterocycles. The molecule has 1 N–H and O–H groups in total. The number of hydrogen-bond acceptors (Lipinski definition) is 1. The average molecular weight is 195 g/mol. The summed E-state index contributed by atoms with van der Waals surface area (Å²) >= 11 is 0. The lowest BCUT2D eigenvalue weighted by molar-refractivity contribution is -0.248. The molecule has 4 heteroatoms. The van der Waals surface area contributed by atoms with E-state index in [-0.39, 0.29) is 25.4 Å². The molecule has 0 aliphatic heterocycles. The molecule has 0 bridgehead atoms. The highest BCUT2D eigenvalue weighted by atomic mass is 19.4. The Bertz CT molecular complexity index is 170. The Hall–Kier alpha value is -0.250. The van der Waals surface area contributed by atoms with Crippen molar-refractivity contribution in [2.24, 2.45) is 5.41 Å². The van der Waals surface area contributed by atoms with E-state index in [9.17, 15) is 13.2 Å². The second kappa shape index (κ2) is 3.48. The van der Waals surface area contributed by atoms with E-state index in [4.69, 9.17) is 0 Å².